The second-order valence-corrected chi connectivity index (χ2v) is 10.7. The molecule has 0 radical (unpaired) electrons. The molecule has 214 valence electrons. The van der Waals surface area contributed by atoms with Crippen molar-refractivity contribution in [3.63, 3.8) is 0 Å². The van der Waals surface area contributed by atoms with Crippen LogP contribution < -0.4 is 16.0 Å². The molecule has 0 aliphatic rings. The number of aromatic nitrogens is 2. The lowest BCUT2D eigenvalue weighted by Gasteiger charge is -2.27. The number of Topliss-reactive ketones (excluding diaryl/α,β-unsaturated/α-hetero) is 1. The molecule has 0 N–H and O–H groups in total. The summed E-state index contributed by atoms with van der Waals surface area (Å²) in [5, 5.41) is 9.25. The second kappa shape index (κ2) is 13.1. The molecule has 0 saturated heterocycles. The van der Waals surface area contributed by atoms with Crippen LogP contribution in [0.15, 0.2) is 33.9 Å². The van der Waals surface area contributed by atoms with Crippen LogP contribution in [-0.2, 0) is 26.4 Å². The normalized spacial score (nSPS) is 12.2. The molecule has 0 bridgehead atoms. The highest BCUT2D eigenvalue weighted by atomic mass is 32.1. The van der Waals surface area contributed by atoms with Crippen molar-refractivity contribution in [2.45, 2.75) is 72.1 Å². The Balaban J connectivity index is 2.37. The summed E-state index contributed by atoms with van der Waals surface area (Å²) in [5.74, 6) is -0.334. The number of ether oxygens (including phenoxy) is 3. The van der Waals surface area contributed by atoms with Gasteiger partial charge < -0.3 is 14.2 Å². The van der Waals surface area contributed by atoms with E-state index >= 15 is 0 Å². The minimum atomic E-state index is -1.44. The summed E-state index contributed by atoms with van der Waals surface area (Å²) in [6, 6.07) is 9.21. The minimum absolute atomic E-state index is 0.0678. The van der Waals surface area contributed by atoms with Crippen LogP contribution in [0, 0.1) is 18.3 Å². The van der Waals surface area contributed by atoms with Gasteiger partial charge in [-0.05, 0) is 45.7 Å². The highest BCUT2D eigenvalue weighted by Gasteiger charge is 2.35. The lowest BCUT2D eigenvalue weighted by Crippen LogP contribution is -2.52. The predicted molar refractivity (Wildman–Crippen MR) is 152 cm³/mol. The zero-order valence-corrected chi connectivity index (χ0v) is 24.6. The fourth-order valence-electron chi connectivity index (χ4n) is 4.64. The quantitative estimate of drug-likeness (QED) is 0.217. The van der Waals surface area contributed by atoms with Crippen molar-refractivity contribution >= 4 is 33.3 Å². The zero-order valence-electron chi connectivity index (χ0n) is 23.7. The number of aryl methyl sites for hydroxylation is 1. The molecule has 1 atom stereocenters. The van der Waals surface area contributed by atoms with Crippen LogP contribution in [0.3, 0.4) is 0 Å². The van der Waals surface area contributed by atoms with Crippen LogP contribution in [0.5, 0.6) is 5.75 Å². The van der Waals surface area contributed by atoms with E-state index in [2.05, 4.69) is 0 Å². The molecule has 0 saturated carbocycles. The fraction of sp³-hybridized carbons (Fsp3) is 0.483. The van der Waals surface area contributed by atoms with Gasteiger partial charge in [0.05, 0.1) is 44.7 Å². The molecule has 2 heterocycles. The van der Waals surface area contributed by atoms with Crippen molar-refractivity contribution in [3.8, 4) is 11.8 Å². The van der Waals surface area contributed by atoms with Crippen LogP contribution in [-0.4, -0.2) is 41.2 Å². The van der Waals surface area contributed by atoms with Gasteiger partial charge in [0, 0.05) is 12.0 Å². The van der Waals surface area contributed by atoms with Gasteiger partial charge in [-0.2, -0.15) is 5.26 Å². The van der Waals surface area contributed by atoms with Gasteiger partial charge in [-0.25, -0.2) is 14.2 Å². The number of ketones is 1. The van der Waals surface area contributed by atoms with E-state index in [1.165, 1.54) is 11.7 Å². The summed E-state index contributed by atoms with van der Waals surface area (Å²) in [4.78, 5) is 54.5. The molecule has 40 heavy (non-hydrogen) atoms. The molecule has 0 unspecified atom stereocenters. The molecule has 0 aliphatic heterocycles. The van der Waals surface area contributed by atoms with Crippen molar-refractivity contribution in [2.24, 2.45) is 0 Å². The maximum absolute atomic E-state index is 14.2. The Morgan fingerprint density at radius 3 is 2.50 bits per heavy atom. The van der Waals surface area contributed by atoms with Gasteiger partial charge in [0.1, 0.15) is 27.1 Å². The van der Waals surface area contributed by atoms with Crippen molar-refractivity contribution < 1.29 is 23.8 Å². The third-order valence-electron chi connectivity index (χ3n) is 6.76. The first kappa shape index (κ1) is 30.8. The van der Waals surface area contributed by atoms with Crippen LogP contribution >= 0.6 is 11.3 Å². The zero-order chi connectivity index (χ0) is 29.6. The second-order valence-electron chi connectivity index (χ2n) is 9.73. The molecule has 3 rings (SSSR count). The fourth-order valence-corrected chi connectivity index (χ4v) is 5.83. The summed E-state index contributed by atoms with van der Waals surface area (Å²) in [5.41, 5.74) is -1.77. The third kappa shape index (κ3) is 5.88. The minimum Gasteiger partial charge on any atom is -0.496 e. The van der Waals surface area contributed by atoms with E-state index in [0.717, 1.165) is 15.9 Å². The largest absolute Gasteiger partial charge is 0.496 e. The number of methoxy groups -OCH3 is 1. The summed E-state index contributed by atoms with van der Waals surface area (Å²) < 4.78 is 19.2. The average Bonchev–Trinajstić information content (AvgIpc) is 3.27. The number of para-hydroxylation sites is 1. The van der Waals surface area contributed by atoms with Crippen molar-refractivity contribution in [2.75, 3.05) is 20.3 Å². The molecule has 1 aromatic carbocycles. The maximum Gasteiger partial charge on any atom is 0.348 e. The van der Waals surface area contributed by atoms with Gasteiger partial charge in [-0.15, -0.1) is 11.3 Å². The number of benzene rings is 1. The van der Waals surface area contributed by atoms with E-state index in [0.29, 0.717) is 23.3 Å². The van der Waals surface area contributed by atoms with Crippen LogP contribution in [0.4, 0.5) is 0 Å². The number of nitriles is 1. The van der Waals surface area contributed by atoms with E-state index in [9.17, 15) is 19.2 Å². The lowest BCUT2D eigenvalue weighted by atomic mass is 9.95. The molecule has 2 aromatic heterocycles. The highest BCUT2D eigenvalue weighted by molar-refractivity contribution is 7.20. The van der Waals surface area contributed by atoms with E-state index in [4.69, 9.17) is 19.5 Å². The summed E-state index contributed by atoms with van der Waals surface area (Å²) in [6.45, 7) is 8.44. The number of carbonyl (C=O) groups excluding carboxylic acids is 2. The SMILES string of the molecule is CCCC(=O)C(C)(C)n1c(=O)c2c(C)c(C(=O)OCC)sc2n(C[C@H](OCCC#N)c2ccccc2OC)c1=O. The maximum atomic E-state index is 14.2. The Morgan fingerprint density at radius 2 is 1.88 bits per heavy atom. The summed E-state index contributed by atoms with van der Waals surface area (Å²) in [6.07, 6.45) is 0.119. The van der Waals surface area contributed by atoms with Crippen molar-refractivity contribution in [1.82, 2.24) is 9.13 Å². The smallest absolute Gasteiger partial charge is 0.348 e. The van der Waals surface area contributed by atoms with E-state index in [1.54, 1.807) is 52.0 Å². The Kier molecular flexibility index (Phi) is 10.1. The number of rotatable bonds is 13. The Hall–Kier alpha value is -3.75. The van der Waals surface area contributed by atoms with Crippen LogP contribution in [0.25, 0.3) is 10.2 Å². The topological polar surface area (TPSA) is 130 Å². The first-order chi connectivity index (χ1) is 19.0. The third-order valence-corrected chi connectivity index (χ3v) is 8.05. The van der Waals surface area contributed by atoms with E-state index in [-0.39, 0.29) is 53.5 Å². The molecular formula is C29H35N3O7S. The lowest BCUT2D eigenvalue weighted by molar-refractivity contribution is -0.126. The van der Waals surface area contributed by atoms with Gasteiger partial charge in [-0.1, -0.05) is 25.1 Å². The van der Waals surface area contributed by atoms with Crippen LogP contribution in [0.1, 0.15) is 73.9 Å². The number of fused-ring (bicyclic) bond motifs is 1. The number of hydrogen-bond acceptors (Lipinski definition) is 9. The van der Waals surface area contributed by atoms with E-state index < -0.39 is 28.9 Å². The molecule has 0 spiro atoms. The molecule has 10 nitrogen and oxygen atoms in total. The Labute approximate surface area is 236 Å². The number of esters is 1. The van der Waals surface area contributed by atoms with Crippen molar-refractivity contribution in [1.29, 1.82) is 5.26 Å². The highest BCUT2D eigenvalue weighted by Crippen LogP contribution is 2.33. The average molecular weight is 570 g/mol. The summed E-state index contributed by atoms with van der Waals surface area (Å²) >= 11 is 0.991. The predicted octanol–water partition coefficient (Wildman–Crippen LogP) is 4.49. The van der Waals surface area contributed by atoms with Gasteiger partial charge in [0.15, 0.2) is 5.78 Å². The number of thiophene rings is 1. The monoisotopic (exact) mass is 569 g/mol. The van der Waals surface area contributed by atoms with Gasteiger partial charge in [0.25, 0.3) is 5.56 Å². The van der Waals surface area contributed by atoms with Gasteiger partial charge >= 0.3 is 11.7 Å². The van der Waals surface area contributed by atoms with Gasteiger partial charge in [0.2, 0.25) is 0 Å². The molecule has 0 aliphatic carbocycles. The summed E-state index contributed by atoms with van der Waals surface area (Å²) in [7, 11) is 1.52. The first-order valence-corrected chi connectivity index (χ1v) is 14.0. The number of carbonyl (C=O) groups is 2. The first-order valence-electron chi connectivity index (χ1n) is 13.2. The molecule has 11 heteroatoms. The Morgan fingerprint density at radius 1 is 1.18 bits per heavy atom. The van der Waals surface area contributed by atoms with Crippen molar-refractivity contribution in [3.05, 3.63) is 61.1 Å². The molecule has 3 aromatic rings. The molecular weight excluding hydrogens is 534 g/mol. The van der Waals surface area contributed by atoms with E-state index in [1.807, 2.05) is 13.0 Å². The standard InChI is InChI=1S/C29H35N3O7S/c1-7-12-22(33)29(4,5)32-25(34)23-18(3)24(27(35)38-8-2)40-26(23)31(28(32)36)17-21(39-16-11-15-30)19-13-9-10-14-20(19)37-6/h9-10,13-14,21H,7-8,11-12,16-17H2,1-6H3/t21-/m0/s1. The van der Waals surface area contributed by atoms with Gasteiger partial charge in [-0.3, -0.25) is 14.2 Å². The Bertz CT molecular complexity index is 1560. The number of nitrogens with zero attached hydrogens (tertiary/aromatic N) is 3. The van der Waals surface area contributed by atoms with Crippen LogP contribution in [0.2, 0.25) is 0 Å². The molecule has 0 fully saturated rings. The number of hydrogen-bond donors (Lipinski definition) is 0. The molecule has 0 amide bonds.